The Morgan fingerprint density at radius 2 is 2.07 bits per heavy atom. The Hall–Kier alpha value is -2.25. The van der Waals surface area contributed by atoms with E-state index >= 15 is 0 Å². The molecular weight excluding hydrogens is 344 g/mol. The molecule has 1 saturated heterocycles. The zero-order chi connectivity index (χ0) is 19.6. The number of carbonyl (C=O) groups is 3. The molecule has 1 fully saturated rings. The molecule has 1 aromatic carbocycles. The molecule has 0 aromatic heterocycles. The smallest absolute Gasteiger partial charge is 0.255 e. The van der Waals surface area contributed by atoms with Crippen molar-refractivity contribution < 1.29 is 14.4 Å². The molecule has 2 atom stereocenters. The van der Waals surface area contributed by atoms with Crippen molar-refractivity contribution in [1.82, 2.24) is 15.5 Å². The second kappa shape index (κ2) is 8.19. The van der Waals surface area contributed by atoms with E-state index in [9.17, 15) is 14.4 Å². The number of nitrogens with one attached hydrogen (secondary N) is 2. The Kier molecular flexibility index (Phi) is 5.92. The predicted octanol–water partition coefficient (Wildman–Crippen LogP) is 0.911. The van der Waals surface area contributed by atoms with E-state index in [0.717, 1.165) is 17.5 Å². The highest BCUT2D eigenvalue weighted by Crippen LogP contribution is 2.29. The van der Waals surface area contributed by atoms with Crippen LogP contribution < -0.4 is 16.4 Å². The third-order valence-electron chi connectivity index (χ3n) is 5.13. The molecule has 2 aliphatic heterocycles. The fourth-order valence-corrected chi connectivity index (χ4v) is 3.92. The summed E-state index contributed by atoms with van der Waals surface area (Å²) in [6.07, 6.45) is 1.59. The summed E-state index contributed by atoms with van der Waals surface area (Å²) in [5, 5.41) is 5.68. The molecule has 3 amide bonds. The van der Waals surface area contributed by atoms with Crippen LogP contribution in [0.2, 0.25) is 0 Å². The summed E-state index contributed by atoms with van der Waals surface area (Å²) in [5.41, 5.74) is 8.64. The van der Waals surface area contributed by atoms with E-state index in [0.29, 0.717) is 37.5 Å². The van der Waals surface area contributed by atoms with E-state index < -0.39 is 6.04 Å². The van der Waals surface area contributed by atoms with Gasteiger partial charge in [0.1, 0.15) is 6.04 Å². The van der Waals surface area contributed by atoms with Gasteiger partial charge in [0.2, 0.25) is 11.8 Å². The molecule has 0 saturated carbocycles. The van der Waals surface area contributed by atoms with Crippen LogP contribution in [0.25, 0.3) is 0 Å². The first-order valence-corrected chi connectivity index (χ1v) is 9.58. The van der Waals surface area contributed by atoms with Crippen molar-refractivity contribution in [3.05, 3.63) is 34.9 Å². The maximum Gasteiger partial charge on any atom is 0.255 e. The fraction of sp³-hybridized carbons (Fsp3) is 0.550. The number of imide groups is 1. The van der Waals surface area contributed by atoms with Gasteiger partial charge in [0, 0.05) is 37.7 Å². The average Bonchev–Trinajstić information content (AvgIpc) is 2.92. The topological polar surface area (TPSA) is 105 Å². The third kappa shape index (κ3) is 4.36. The molecule has 0 radical (unpaired) electrons. The molecule has 0 bridgehead atoms. The van der Waals surface area contributed by atoms with Crippen molar-refractivity contribution in [1.29, 1.82) is 0 Å². The van der Waals surface area contributed by atoms with E-state index in [1.807, 2.05) is 18.2 Å². The van der Waals surface area contributed by atoms with E-state index in [1.54, 1.807) is 4.90 Å². The second-order valence-corrected chi connectivity index (χ2v) is 7.87. The summed E-state index contributed by atoms with van der Waals surface area (Å²) in [6, 6.07) is 5.30. The first kappa shape index (κ1) is 19.5. The zero-order valence-corrected chi connectivity index (χ0v) is 16.0. The summed E-state index contributed by atoms with van der Waals surface area (Å²) >= 11 is 0. The molecular formula is C20H28N4O3. The summed E-state index contributed by atoms with van der Waals surface area (Å²) in [5.74, 6) is -0.246. The van der Waals surface area contributed by atoms with Crippen LogP contribution in [0, 0.1) is 5.92 Å². The Bertz CT molecular complexity index is 747. The molecule has 2 heterocycles. The largest absolute Gasteiger partial charge is 0.327 e. The molecule has 7 heteroatoms. The van der Waals surface area contributed by atoms with Crippen molar-refractivity contribution in [3.63, 3.8) is 0 Å². The maximum absolute atomic E-state index is 13.0. The van der Waals surface area contributed by atoms with Crippen molar-refractivity contribution in [3.8, 4) is 0 Å². The molecule has 27 heavy (non-hydrogen) atoms. The second-order valence-electron chi connectivity index (χ2n) is 7.87. The molecule has 4 N–H and O–H groups in total. The number of benzene rings is 1. The van der Waals surface area contributed by atoms with Crippen LogP contribution in [0.4, 0.5) is 0 Å². The number of carbonyl (C=O) groups excluding carboxylic acids is 3. The van der Waals surface area contributed by atoms with E-state index in [4.69, 9.17) is 5.73 Å². The number of amides is 3. The number of rotatable bonds is 7. The zero-order valence-electron chi connectivity index (χ0n) is 16.0. The summed E-state index contributed by atoms with van der Waals surface area (Å²) < 4.78 is 0. The monoisotopic (exact) mass is 372 g/mol. The maximum atomic E-state index is 13.0. The highest BCUT2D eigenvalue weighted by molar-refractivity contribution is 6.05. The van der Waals surface area contributed by atoms with Crippen LogP contribution in [0.1, 0.15) is 54.6 Å². The first-order valence-electron chi connectivity index (χ1n) is 9.58. The van der Waals surface area contributed by atoms with Gasteiger partial charge in [-0.2, -0.15) is 0 Å². The van der Waals surface area contributed by atoms with Crippen LogP contribution in [-0.4, -0.2) is 41.2 Å². The summed E-state index contributed by atoms with van der Waals surface area (Å²) in [7, 11) is 0. The lowest BCUT2D eigenvalue weighted by Crippen LogP contribution is -2.52. The molecule has 2 aliphatic rings. The minimum atomic E-state index is -0.581. The van der Waals surface area contributed by atoms with Crippen molar-refractivity contribution in [2.45, 2.75) is 58.3 Å². The van der Waals surface area contributed by atoms with Crippen LogP contribution >= 0.6 is 0 Å². The molecule has 146 valence electrons. The number of hydrogen-bond donors (Lipinski definition) is 3. The highest BCUT2D eigenvalue weighted by Gasteiger charge is 2.39. The summed E-state index contributed by atoms with van der Waals surface area (Å²) in [4.78, 5) is 38.1. The fourth-order valence-electron chi connectivity index (χ4n) is 3.92. The Labute approximate surface area is 159 Å². The standard InChI is InChI=1S/C20H28N4O3/c1-12(2)8-15(21)10-22-9-13-4-3-5-14-11-24(20(27)18(13)14)16-6-7-17(25)23-19(16)26/h3-5,12,15-16,22H,6-11,21H2,1-2H3,(H,23,25,26)/t15-,16?/m0/s1. The van der Waals surface area contributed by atoms with Crippen LogP contribution in [0.5, 0.6) is 0 Å². The highest BCUT2D eigenvalue weighted by atomic mass is 16.2. The minimum absolute atomic E-state index is 0.0810. The lowest BCUT2D eigenvalue weighted by Gasteiger charge is -2.29. The first-order chi connectivity index (χ1) is 12.9. The number of piperidine rings is 1. The number of fused-ring (bicyclic) bond motifs is 1. The summed E-state index contributed by atoms with van der Waals surface area (Å²) in [6.45, 7) is 5.94. The van der Waals surface area contributed by atoms with Gasteiger partial charge >= 0.3 is 0 Å². The Morgan fingerprint density at radius 1 is 1.30 bits per heavy atom. The molecule has 0 aliphatic carbocycles. The predicted molar refractivity (Wildman–Crippen MR) is 102 cm³/mol. The number of nitrogens with zero attached hydrogens (tertiary/aromatic N) is 1. The normalized spacial score (nSPS) is 20.8. The number of nitrogens with two attached hydrogens (primary N) is 1. The quantitative estimate of drug-likeness (QED) is 0.617. The van der Waals surface area contributed by atoms with Gasteiger partial charge in [-0.05, 0) is 29.9 Å². The Morgan fingerprint density at radius 3 is 2.78 bits per heavy atom. The molecule has 7 nitrogen and oxygen atoms in total. The van der Waals surface area contributed by atoms with Crippen LogP contribution in [0.15, 0.2) is 18.2 Å². The van der Waals surface area contributed by atoms with E-state index in [1.165, 1.54) is 0 Å². The van der Waals surface area contributed by atoms with E-state index in [-0.39, 0.29) is 30.2 Å². The van der Waals surface area contributed by atoms with E-state index in [2.05, 4.69) is 24.5 Å². The van der Waals surface area contributed by atoms with Gasteiger partial charge in [-0.1, -0.05) is 32.0 Å². The van der Waals surface area contributed by atoms with Gasteiger partial charge in [0.15, 0.2) is 0 Å². The molecule has 0 spiro atoms. The lowest BCUT2D eigenvalue weighted by molar-refractivity contribution is -0.136. The van der Waals surface area contributed by atoms with Crippen molar-refractivity contribution >= 4 is 17.7 Å². The van der Waals surface area contributed by atoms with Crippen molar-refractivity contribution in [2.24, 2.45) is 11.7 Å². The third-order valence-corrected chi connectivity index (χ3v) is 5.13. The molecule has 1 unspecified atom stereocenters. The van der Waals surface area contributed by atoms with Gasteiger partial charge in [0.25, 0.3) is 5.91 Å². The average molecular weight is 372 g/mol. The van der Waals surface area contributed by atoms with Crippen molar-refractivity contribution in [2.75, 3.05) is 6.54 Å². The van der Waals surface area contributed by atoms with Crippen LogP contribution in [-0.2, 0) is 22.7 Å². The van der Waals surface area contributed by atoms with Gasteiger partial charge in [-0.3, -0.25) is 19.7 Å². The Balaban J connectivity index is 1.67. The lowest BCUT2D eigenvalue weighted by atomic mass is 10.0. The number of hydrogen-bond acceptors (Lipinski definition) is 5. The SMILES string of the molecule is CC(C)C[C@H](N)CNCc1cccc2c1C(=O)N(C1CCC(=O)NC1=O)C2. The van der Waals surface area contributed by atoms with Gasteiger partial charge in [0.05, 0.1) is 0 Å². The van der Waals surface area contributed by atoms with Gasteiger partial charge in [-0.25, -0.2) is 0 Å². The minimum Gasteiger partial charge on any atom is -0.327 e. The van der Waals surface area contributed by atoms with Gasteiger partial charge < -0.3 is 16.0 Å². The van der Waals surface area contributed by atoms with Crippen LogP contribution in [0.3, 0.4) is 0 Å². The molecule has 1 aromatic rings. The molecule has 3 rings (SSSR count). The van der Waals surface area contributed by atoms with Gasteiger partial charge in [-0.15, -0.1) is 0 Å².